The van der Waals surface area contributed by atoms with E-state index in [1.165, 1.54) is 0 Å². The average Bonchev–Trinajstić information content (AvgIpc) is 2.47. The second kappa shape index (κ2) is 4.61. The summed E-state index contributed by atoms with van der Waals surface area (Å²) in [6, 6.07) is 1.73. The molecule has 1 aromatic rings. The first-order valence-corrected chi connectivity index (χ1v) is 4.33. The molecule has 0 radical (unpaired) electrons. The molecule has 0 fully saturated rings. The van der Waals surface area contributed by atoms with Crippen LogP contribution in [0.5, 0.6) is 0 Å². The molecule has 0 saturated heterocycles. The smallest absolute Gasteiger partial charge is 0.231 e. The molecule has 4 N–H and O–H groups in total. The van der Waals surface area contributed by atoms with Gasteiger partial charge in [0.2, 0.25) is 5.91 Å². The van der Waals surface area contributed by atoms with E-state index >= 15 is 0 Å². The number of hydrogen-bond donors (Lipinski definition) is 2. The van der Waals surface area contributed by atoms with Gasteiger partial charge in [-0.15, -0.1) is 0 Å². The highest BCUT2D eigenvalue weighted by Gasteiger charge is 2.02. The molecule has 6 heteroatoms. The van der Waals surface area contributed by atoms with Crippen LogP contribution in [0.3, 0.4) is 0 Å². The van der Waals surface area contributed by atoms with Crippen molar-refractivity contribution in [1.82, 2.24) is 14.7 Å². The van der Waals surface area contributed by atoms with Crippen LogP contribution < -0.4 is 11.5 Å². The fourth-order valence-electron chi connectivity index (χ4n) is 1.12. The van der Waals surface area contributed by atoms with Crippen LogP contribution in [0.15, 0.2) is 12.3 Å². The molecule has 14 heavy (non-hydrogen) atoms. The van der Waals surface area contributed by atoms with E-state index in [1.54, 1.807) is 16.9 Å². The lowest BCUT2D eigenvalue weighted by molar-refractivity contribution is -0.118. The Kier molecular flexibility index (Phi) is 3.47. The fraction of sp³-hybridized carbons (Fsp3) is 0.500. The van der Waals surface area contributed by atoms with Crippen LogP contribution in [0.2, 0.25) is 0 Å². The van der Waals surface area contributed by atoms with Crippen molar-refractivity contribution >= 4 is 11.7 Å². The maximum Gasteiger partial charge on any atom is 0.231 e. The molecule has 0 atom stereocenters. The molecule has 0 bridgehead atoms. The summed E-state index contributed by atoms with van der Waals surface area (Å²) in [7, 11) is 1.83. The van der Waals surface area contributed by atoms with Crippen molar-refractivity contribution in [3.05, 3.63) is 12.3 Å². The highest BCUT2D eigenvalue weighted by Crippen LogP contribution is 1.95. The monoisotopic (exact) mass is 197 g/mol. The van der Waals surface area contributed by atoms with Crippen LogP contribution in [0, 0.1) is 0 Å². The molecule has 0 aliphatic heterocycles. The van der Waals surface area contributed by atoms with Crippen LogP contribution in [0.1, 0.15) is 0 Å². The Morgan fingerprint density at radius 3 is 2.93 bits per heavy atom. The average molecular weight is 197 g/mol. The van der Waals surface area contributed by atoms with Gasteiger partial charge in [0.1, 0.15) is 5.82 Å². The number of aromatic nitrogens is 2. The number of hydrogen-bond acceptors (Lipinski definition) is 4. The molecule has 0 aliphatic carbocycles. The second-order valence-electron chi connectivity index (χ2n) is 3.21. The molecule has 1 rings (SSSR count). The number of nitrogens with two attached hydrogens (primary N) is 2. The lowest BCUT2D eigenvalue weighted by atomic mass is 10.5. The number of rotatable bonds is 5. The predicted molar refractivity (Wildman–Crippen MR) is 53.3 cm³/mol. The van der Waals surface area contributed by atoms with Gasteiger partial charge >= 0.3 is 0 Å². The summed E-state index contributed by atoms with van der Waals surface area (Å²) in [5.74, 6) is 0.176. The number of primary amides is 1. The van der Waals surface area contributed by atoms with E-state index < -0.39 is 0 Å². The van der Waals surface area contributed by atoms with Gasteiger partial charge in [-0.05, 0) is 13.1 Å². The van der Waals surface area contributed by atoms with Crippen LogP contribution >= 0.6 is 0 Å². The number of anilines is 1. The number of nitrogen functional groups attached to an aromatic ring is 1. The molecule has 0 aromatic carbocycles. The predicted octanol–water partition coefficient (Wildman–Crippen LogP) is -1.12. The highest BCUT2D eigenvalue weighted by atomic mass is 16.1. The molecular formula is C8H15N5O. The third-order valence-corrected chi connectivity index (χ3v) is 1.80. The van der Waals surface area contributed by atoms with E-state index in [2.05, 4.69) is 5.10 Å². The van der Waals surface area contributed by atoms with Crippen LogP contribution in [-0.2, 0) is 11.3 Å². The van der Waals surface area contributed by atoms with E-state index in [1.807, 2.05) is 11.9 Å². The minimum Gasteiger partial charge on any atom is -0.382 e. The van der Waals surface area contributed by atoms with Crippen LogP contribution in [0.4, 0.5) is 5.82 Å². The van der Waals surface area contributed by atoms with Crippen molar-refractivity contribution < 1.29 is 4.79 Å². The first kappa shape index (κ1) is 10.5. The largest absolute Gasteiger partial charge is 0.382 e. The van der Waals surface area contributed by atoms with Crippen molar-refractivity contribution in [3.63, 3.8) is 0 Å². The zero-order valence-corrected chi connectivity index (χ0v) is 8.18. The SMILES string of the molecule is CN(CCn1ccc(N)n1)CC(N)=O. The van der Waals surface area contributed by atoms with E-state index in [9.17, 15) is 4.79 Å². The van der Waals surface area contributed by atoms with Gasteiger partial charge in [-0.25, -0.2) is 0 Å². The van der Waals surface area contributed by atoms with Crippen molar-refractivity contribution in [2.24, 2.45) is 5.73 Å². The van der Waals surface area contributed by atoms with Crippen molar-refractivity contribution in [2.75, 3.05) is 25.9 Å². The quantitative estimate of drug-likeness (QED) is 0.625. The van der Waals surface area contributed by atoms with Crippen LogP contribution in [0.25, 0.3) is 0 Å². The van der Waals surface area contributed by atoms with Gasteiger partial charge in [0.05, 0.1) is 13.1 Å². The van der Waals surface area contributed by atoms with Crippen molar-refractivity contribution in [1.29, 1.82) is 0 Å². The summed E-state index contributed by atoms with van der Waals surface area (Å²) in [4.78, 5) is 12.4. The molecule has 0 spiro atoms. The molecule has 0 saturated carbocycles. The van der Waals surface area contributed by atoms with E-state index in [-0.39, 0.29) is 12.5 Å². The van der Waals surface area contributed by atoms with E-state index in [0.717, 1.165) is 0 Å². The Bertz CT molecular complexity index is 308. The van der Waals surface area contributed by atoms with E-state index in [0.29, 0.717) is 18.9 Å². The summed E-state index contributed by atoms with van der Waals surface area (Å²) in [6.45, 7) is 1.67. The fourth-order valence-corrected chi connectivity index (χ4v) is 1.12. The first-order valence-electron chi connectivity index (χ1n) is 4.33. The Balaban J connectivity index is 2.30. The standard InChI is InChI=1S/C8H15N5O/c1-12(6-8(10)14)4-5-13-3-2-7(9)11-13/h2-3H,4-6H2,1H3,(H2,9,11)(H2,10,14). The first-order chi connectivity index (χ1) is 6.58. The Morgan fingerprint density at radius 1 is 1.71 bits per heavy atom. The van der Waals surface area contributed by atoms with Crippen LogP contribution in [-0.4, -0.2) is 40.7 Å². The van der Waals surface area contributed by atoms with Crippen molar-refractivity contribution in [2.45, 2.75) is 6.54 Å². The third kappa shape index (κ3) is 3.44. The zero-order chi connectivity index (χ0) is 10.6. The minimum absolute atomic E-state index is 0.261. The zero-order valence-electron chi connectivity index (χ0n) is 8.18. The molecule has 0 unspecified atom stereocenters. The Labute approximate surface area is 82.5 Å². The molecule has 1 amide bonds. The Hall–Kier alpha value is -1.56. The molecule has 6 nitrogen and oxygen atoms in total. The summed E-state index contributed by atoms with van der Waals surface area (Å²) in [5.41, 5.74) is 10.5. The highest BCUT2D eigenvalue weighted by molar-refractivity contribution is 5.75. The lowest BCUT2D eigenvalue weighted by Gasteiger charge is -2.13. The minimum atomic E-state index is -0.326. The van der Waals surface area contributed by atoms with E-state index in [4.69, 9.17) is 11.5 Å². The maximum atomic E-state index is 10.6. The summed E-state index contributed by atoms with van der Waals surface area (Å²) in [5, 5.41) is 4.01. The summed E-state index contributed by atoms with van der Waals surface area (Å²) in [6.07, 6.45) is 1.80. The van der Waals surface area contributed by atoms with Gasteiger partial charge < -0.3 is 11.5 Å². The lowest BCUT2D eigenvalue weighted by Crippen LogP contribution is -2.32. The number of carbonyl (C=O) groups is 1. The molecule has 0 aliphatic rings. The number of amides is 1. The van der Waals surface area contributed by atoms with Gasteiger partial charge in [0.25, 0.3) is 0 Å². The van der Waals surface area contributed by atoms with Gasteiger partial charge in [-0.1, -0.05) is 0 Å². The van der Waals surface area contributed by atoms with Gasteiger partial charge in [-0.2, -0.15) is 5.10 Å². The third-order valence-electron chi connectivity index (χ3n) is 1.80. The summed E-state index contributed by atoms with van der Waals surface area (Å²) < 4.78 is 1.73. The molecular weight excluding hydrogens is 182 g/mol. The van der Waals surface area contributed by atoms with Gasteiger partial charge in [0, 0.05) is 12.7 Å². The maximum absolute atomic E-state index is 10.6. The molecule has 1 heterocycles. The molecule has 1 aromatic heterocycles. The molecule has 78 valence electrons. The number of likely N-dealkylation sites (N-methyl/N-ethyl adjacent to an activating group) is 1. The summed E-state index contributed by atoms with van der Waals surface area (Å²) >= 11 is 0. The van der Waals surface area contributed by atoms with Gasteiger partial charge in [-0.3, -0.25) is 14.4 Å². The number of nitrogens with zero attached hydrogens (tertiary/aromatic N) is 3. The normalized spacial score (nSPS) is 10.7. The topological polar surface area (TPSA) is 90.2 Å². The number of carbonyl (C=O) groups excluding carboxylic acids is 1. The van der Waals surface area contributed by atoms with Gasteiger partial charge in [0.15, 0.2) is 0 Å². The Morgan fingerprint density at radius 2 is 2.43 bits per heavy atom. The second-order valence-corrected chi connectivity index (χ2v) is 3.21. The van der Waals surface area contributed by atoms with Crippen molar-refractivity contribution in [3.8, 4) is 0 Å².